The van der Waals surface area contributed by atoms with Gasteiger partial charge in [-0.25, -0.2) is 22.9 Å². The maximum Gasteiger partial charge on any atom is 0.416 e. The molecular formula is C25H20ClF4N5O3S. The maximum absolute atomic E-state index is 13.5. The van der Waals surface area contributed by atoms with Crippen molar-refractivity contribution in [1.29, 1.82) is 5.26 Å². The summed E-state index contributed by atoms with van der Waals surface area (Å²) in [7, 11) is -4.48. The highest BCUT2D eigenvalue weighted by atomic mass is 35.5. The summed E-state index contributed by atoms with van der Waals surface area (Å²) in [6.45, 7) is 0.559. The van der Waals surface area contributed by atoms with Gasteiger partial charge in [0, 0.05) is 19.3 Å². The summed E-state index contributed by atoms with van der Waals surface area (Å²) >= 11 is 6.28. The molecule has 0 spiro atoms. The standard InChI is InChI=1S/C25H20ClF4N5O3S/c26-21-22(34-20-11-17(25(28,29)30)4-1-16(20)12-31)19(13-33-23(21)39(32,37)38)24(36)35-9-7-15(8-10-35)14-2-5-18(27)6-3-14/h1-6,11,13,15H,7-10H2,(H,33,34)(H2,32,37,38). The van der Waals surface area contributed by atoms with Crippen LogP contribution in [0.15, 0.2) is 53.7 Å². The Labute approximate surface area is 226 Å². The van der Waals surface area contributed by atoms with E-state index in [-0.39, 0.29) is 47.3 Å². The normalized spacial score (nSPS) is 14.6. The van der Waals surface area contributed by atoms with Crippen LogP contribution in [0.1, 0.15) is 45.8 Å². The van der Waals surface area contributed by atoms with Crippen LogP contribution in [0.4, 0.5) is 28.9 Å². The zero-order valence-electron chi connectivity index (χ0n) is 20.0. The number of carbonyl (C=O) groups is 1. The first-order valence-electron chi connectivity index (χ1n) is 11.4. The number of anilines is 2. The van der Waals surface area contributed by atoms with E-state index in [1.807, 2.05) is 0 Å². The highest BCUT2D eigenvalue weighted by molar-refractivity contribution is 7.89. The molecule has 1 amide bonds. The second-order valence-corrected chi connectivity index (χ2v) is 10.7. The Hall–Kier alpha value is -3.73. The molecule has 0 radical (unpaired) electrons. The van der Waals surface area contributed by atoms with E-state index >= 15 is 0 Å². The van der Waals surface area contributed by atoms with E-state index in [0.29, 0.717) is 25.0 Å². The van der Waals surface area contributed by atoms with Crippen molar-refractivity contribution in [1.82, 2.24) is 9.88 Å². The smallest absolute Gasteiger partial charge is 0.352 e. The summed E-state index contributed by atoms with van der Waals surface area (Å²) in [5, 5.41) is 15.7. The zero-order chi connectivity index (χ0) is 28.5. The van der Waals surface area contributed by atoms with Crippen LogP contribution in [0.3, 0.4) is 0 Å². The average Bonchev–Trinajstić information content (AvgIpc) is 2.88. The predicted molar refractivity (Wildman–Crippen MR) is 134 cm³/mol. The van der Waals surface area contributed by atoms with Gasteiger partial charge in [-0.15, -0.1) is 0 Å². The number of nitriles is 1. The van der Waals surface area contributed by atoms with Gasteiger partial charge in [-0.05, 0) is 54.7 Å². The number of alkyl halides is 3. The molecule has 39 heavy (non-hydrogen) atoms. The Morgan fingerprint density at radius 1 is 1.15 bits per heavy atom. The summed E-state index contributed by atoms with van der Waals surface area (Å²) in [4.78, 5) is 18.7. The van der Waals surface area contributed by atoms with Crippen LogP contribution >= 0.6 is 11.6 Å². The molecule has 8 nitrogen and oxygen atoms in total. The van der Waals surface area contributed by atoms with Gasteiger partial charge in [0.05, 0.1) is 28.1 Å². The van der Waals surface area contributed by atoms with E-state index in [1.165, 1.54) is 17.0 Å². The van der Waals surface area contributed by atoms with Gasteiger partial charge in [-0.1, -0.05) is 23.7 Å². The van der Waals surface area contributed by atoms with Crippen LogP contribution in [-0.2, 0) is 16.2 Å². The summed E-state index contributed by atoms with van der Waals surface area (Å²) in [6, 6.07) is 10.1. The minimum absolute atomic E-state index is 0.0713. The second-order valence-electron chi connectivity index (χ2n) is 8.82. The lowest BCUT2D eigenvalue weighted by Crippen LogP contribution is -2.38. The van der Waals surface area contributed by atoms with Gasteiger partial charge < -0.3 is 10.2 Å². The highest BCUT2D eigenvalue weighted by Gasteiger charge is 2.33. The van der Waals surface area contributed by atoms with Crippen LogP contribution in [0.2, 0.25) is 5.02 Å². The van der Waals surface area contributed by atoms with Gasteiger partial charge in [0.2, 0.25) is 0 Å². The Morgan fingerprint density at radius 2 is 1.79 bits per heavy atom. The number of rotatable bonds is 5. The van der Waals surface area contributed by atoms with Crippen LogP contribution in [-0.4, -0.2) is 37.3 Å². The molecule has 0 aliphatic carbocycles. The fraction of sp³-hybridized carbons (Fsp3) is 0.240. The highest BCUT2D eigenvalue weighted by Crippen LogP contribution is 2.38. The Morgan fingerprint density at radius 3 is 2.36 bits per heavy atom. The number of primary sulfonamides is 1. The number of hydrogen-bond donors (Lipinski definition) is 2. The topological polar surface area (TPSA) is 129 Å². The molecule has 1 aromatic heterocycles. The Bertz CT molecular complexity index is 1570. The molecular weight excluding hydrogens is 562 g/mol. The van der Waals surface area contributed by atoms with E-state index in [1.54, 1.807) is 18.2 Å². The lowest BCUT2D eigenvalue weighted by molar-refractivity contribution is -0.137. The number of pyridine rings is 1. The van der Waals surface area contributed by atoms with Crippen molar-refractivity contribution in [2.24, 2.45) is 5.14 Å². The second kappa shape index (κ2) is 10.8. The molecule has 4 rings (SSSR count). The molecule has 1 aliphatic rings. The number of hydrogen-bond acceptors (Lipinski definition) is 6. The third kappa shape index (κ3) is 6.13. The number of benzene rings is 2. The van der Waals surface area contributed by atoms with Crippen molar-refractivity contribution in [2.45, 2.75) is 30.0 Å². The van der Waals surface area contributed by atoms with Crippen LogP contribution in [0.25, 0.3) is 0 Å². The first-order valence-corrected chi connectivity index (χ1v) is 13.4. The van der Waals surface area contributed by atoms with Crippen LogP contribution in [0, 0.1) is 17.1 Å². The van der Waals surface area contributed by atoms with Crippen LogP contribution < -0.4 is 10.5 Å². The quantitative estimate of drug-likeness (QED) is 0.400. The number of nitrogens with one attached hydrogen (secondary N) is 1. The number of amides is 1. The minimum atomic E-state index is -4.74. The maximum atomic E-state index is 13.5. The molecule has 3 aromatic rings. The fourth-order valence-electron chi connectivity index (χ4n) is 4.33. The van der Waals surface area contributed by atoms with Gasteiger partial charge in [0.25, 0.3) is 15.9 Å². The van der Waals surface area contributed by atoms with Crippen molar-refractivity contribution < 1.29 is 30.8 Å². The number of nitrogens with two attached hydrogens (primary N) is 1. The number of aromatic nitrogens is 1. The fourth-order valence-corrected chi connectivity index (χ4v) is 5.40. The number of halogens is 5. The van der Waals surface area contributed by atoms with Gasteiger partial charge in [-0.3, -0.25) is 4.79 Å². The lowest BCUT2D eigenvalue weighted by atomic mass is 9.89. The van der Waals surface area contributed by atoms with Gasteiger partial charge >= 0.3 is 6.18 Å². The SMILES string of the molecule is N#Cc1ccc(C(F)(F)F)cc1Nc1c(C(=O)N2CCC(c3ccc(F)cc3)CC2)cnc(S(N)(=O)=O)c1Cl. The number of carbonyl (C=O) groups excluding carboxylic acids is 1. The van der Waals surface area contributed by atoms with E-state index < -0.39 is 37.7 Å². The van der Waals surface area contributed by atoms with E-state index in [9.17, 15) is 36.0 Å². The monoisotopic (exact) mass is 581 g/mol. The van der Waals surface area contributed by atoms with Gasteiger partial charge in [0.1, 0.15) is 16.9 Å². The molecule has 0 saturated carbocycles. The number of likely N-dealkylation sites (tertiary alicyclic amines) is 1. The molecule has 0 unspecified atom stereocenters. The van der Waals surface area contributed by atoms with Crippen molar-refractivity contribution in [3.8, 4) is 6.07 Å². The molecule has 2 heterocycles. The molecule has 2 aromatic carbocycles. The Balaban J connectivity index is 1.70. The first-order chi connectivity index (χ1) is 18.3. The molecule has 1 aliphatic heterocycles. The lowest BCUT2D eigenvalue weighted by Gasteiger charge is -2.33. The molecule has 204 valence electrons. The summed E-state index contributed by atoms with van der Waals surface area (Å²) in [5.41, 5.74) is -1.33. The molecule has 0 atom stereocenters. The Kier molecular flexibility index (Phi) is 7.83. The molecule has 3 N–H and O–H groups in total. The summed E-state index contributed by atoms with van der Waals surface area (Å²) in [5.74, 6) is -0.906. The number of piperidine rings is 1. The summed E-state index contributed by atoms with van der Waals surface area (Å²) in [6.07, 6.45) is -2.74. The van der Waals surface area contributed by atoms with Gasteiger partial charge in [-0.2, -0.15) is 18.4 Å². The van der Waals surface area contributed by atoms with Crippen molar-refractivity contribution >= 4 is 38.9 Å². The minimum Gasteiger partial charge on any atom is -0.352 e. The van der Waals surface area contributed by atoms with Crippen molar-refractivity contribution in [2.75, 3.05) is 18.4 Å². The zero-order valence-corrected chi connectivity index (χ0v) is 21.5. The van der Waals surface area contributed by atoms with E-state index in [2.05, 4.69) is 10.3 Å². The third-order valence-corrected chi connectivity index (χ3v) is 7.67. The summed E-state index contributed by atoms with van der Waals surface area (Å²) < 4.78 is 77.4. The number of sulfonamides is 1. The van der Waals surface area contributed by atoms with Crippen molar-refractivity contribution in [3.05, 3.63) is 81.8 Å². The predicted octanol–water partition coefficient (Wildman–Crippen LogP) is 5.18. The molecule has 1 saturated heterocycles. The largest absolute Gasteiger partial charge is 0.416 e. The average molecular weight is 582 g/mol. The van der Waals surface area contributed by atoms with E-state index in [4.69, 9.17) is 16.7 Å². The van der Waals surface area contributed by atoms with Gasteiger partial charge in [0.15, 0.2) is 5.03 Å². The van der Waals surface area contributed by atoms with Crippen LogP contribution in [0.5, 0.6) is 0 Å². The number of nitrogens with zero attached hydrogens (tertiary/aromatic N) is 3. The molecule has 14 heteroatoms. The van der Waals surface area contributed by atoms with E-state index in [0.717, 1.165) is 17.8 Å². The molecule has 1 fully saturated rings. The first kappa shape index (κ1) is 28.3. The molecule has 0 bridgehead atoms. The third-order valence-electron chi connectivity index (χ3n) is 6.34. The van der Waals surface area contributed by atoms with Crippen molar-refractivity contribution in [3.63, 3.8) is 0 Å².